The van der Waals surface area contributed by atoms with Crippen LogP contribution in [0.3, 0.4) is 0 Å². The van der Waals surface area contributed by atoms with Gasteiger partial charge in [0.1, 0.15) is 0 Å². The molecule has 0 fully saturated rings. The summed E-state index contributed by atoms with van der Waals surface area (Å²) in [6, 6.07) is 10.4. The first kappa shape index (κ1) is 16.5. The number of hydrogen-bond donors (Lipinski definition) is 2. The fourth-order valence-electron chi connectivity index (χ4n) is 2.07. The van der Waals surface area contributed by atoms with Crippen LogP contribution >= 0.6 is 11.3 Å². The lowest BCUT2D eigenvalue weighted by molar-refractivity contribution is 0.818. The maximum Gasteiger partial charge on any atom is 0.191 e. The molecule has 2 aromatic rings. The Hall–Kier alpha value is -1.88. The predicted octanol–water partition coefficient (Wildman–Crippen LogP) is 3.27. The number of rotatable bonds is 6. The van der Waals surface area contributed by atoms with Gasteiger partial charge in [0.25, 0.3) is 0 Å². The second-order valence-corrected chi connectivity index (χ2v) is 6.29. The summed E-state index contributed by atoms with van der Waals surface area (Å²) in [5, 5.41) is 6.66. The highest BCUT2D eigenvalue weighted by atomic mass is 32.1. The largest absolute Gasteiger partial charge is 0.357 e. The Morgan fingerprint density at radius 3 is 2.64 bits per heavy atom. The number of aliphatic imine (C=N–C) groups is 1. The van der Waals surface area contributed by atoms with Crippen molar-refractivity contribution < 1.29 is 0 Å². The molecule has 0 atom stereocenters. The minimum atomic E-state index is 0.585. The lowest BCUT2D eigenvalue weighted by atomic mass is 10.3. The van der Waals surface area contributed by atoms with Gasteiger partial charge in [0.05, 0.1) is 18.8 Å². The van der Waals surface area contributed by atoms with Crippen LogP contribution in [0.1, 0.15) is 35.0 Å². The van der Waals surface area contributed by atoms with Gasteiger partial charge in [0.15, 0.2) is 5.96 Å². The fraction of sp³-hybridized carbons (Fsp3) is 0.412. The van der Waals surface area contributed by atoms with Crippen LogP contribution in [-0.2, 0) is 19.5 Å². The van der Waals surface area contributed by atoms with Gasteiger partial charge < -0.3 is 10.6 Å². The Morgan fingerprint density at radius 2 is 1.95 bits per heavy atom. The van der Waals surface area contributed by atoms with Crippen molar-refractivity contribution in [3.05, 3.63) is 51.5 Å². The molecule has 0 amide bonds. The zero-order valence-electron chi connectivity index (χ0n) is 13.5. The summed E-state index contributed by atoms with van der Waals surface area (Å²) in [6.45, 7) is 8.49. The molecule has 22 heavy (non-hydrogen) atoms. The highest BCUT2D eigenvalue weighted by Gasteiger charge is 2.02. The molecule has 0 aromatic carbocycles. The summed E-state index contributed by atoms with van der Waals surface area (Å²) in [6.07, 6.45) is 1.10. The number of guanidine groups is 1. The first-order valence-electron chi connectivity index (χ1n) is 7.73. The topological polar surface area (TPSA) is 49.3 Å². The van der Waals surface area contributed by atoms with E-state index in [0.29, 0.717) is 6.54 Å². The SMILES string of the molecule is CCNC(=NCc1cccc(C)n1)NCc1ccc(CC)s1. The maximum absolute atomic E-state index is 4.60. The molecule has 2 N–H and O–H groups in total. The average Bonchev–Trinajstić information content (AvgIpc) is 2.98. The van der Waals surface area contributed by atoms with Crippen molar-refractivity contribution in [2.75, 3.05) is 6.54 Å². The summed E-state index contributed by atoms with van der Waals surface area (Å²) in [5.41, 5.74) is 2.01. The number of aromatic nitrogens is 1. The molecular formula is C17H24N4S. The molecule has 5 heteroatoms. The number of nitrogens with one attached hydrogen (secondary N) is 2. The van der Waals surface area contributed by atoms with E-state index in [4.69, 9.17) is 0 Å². The van der Waals surface area contributed by atoms with Crippen LogP contribution in [0.25, 0.3) is 0 Å². The van der Waals surface area contributed by atoms with Gasteiger partial charge >= 0.3 is 0 Å². The fourth-order valence-corrected chi connectivity index (χ4v) is 2.97. The van der Waals surface area contributed by atoms with Crippen molar-refractivity contribution in [3.8, 4) is 0 Å². The van der Waals surface area contributed by atoms with Crippen LogP contribution in [0, 0.1) is 6.92 Å². The summed E-state index contributed by atoms with van der Waals surface area (Å²) in [7, 11) is 0. The Labute approximate surface area is 136 Å². The van der Waals surface area contributed by atoms with E-state index in [1.807, 2.05) is 36.5 Å². The van der Waals surface area contributed by atoms with E-state index in [9.17, 15) is 0 Å². The Balaban J connectivity index is 1.94. The summed E-state index contributed by atoms with van der Waals surface area (Å²) in [4.78, 5) is 11.8. The van der Waals surface area contributed by atoms with E-state index >= 15 is 0 Å². The zero-order chi connectivity index (χ0) is 15.8. The minimum Gasteiger partial charge on any atom is -0.357 e. The molecule has 0 bridgehead atoms. The number of pyridine rings is 1. The van der Waals surface area contributed by atoms with Crippen LogP contribution in [0.2, 0.25) is 0 Å². The van der Waals surface area contributed by atoms with Crippen LogP contribution in [0.4, 0.5) is 0 Å². The lowest BCUT2D eigenvalue weighted by Crippen LogP contribution is -2.36. The van der Waals surface area contributed by atoms with Crippen LogP contribution in [-0.4, -0.2) is 17.5 Å². The van der Waals surface area contributed by atoms with E-state index in [1.54, 1.807) is 0 Å². The molecule has 0 radical (unpaired) electrons. The summed E-state index contributed by atoms with van der Waals surface area (Å²) >= 11 is 1.85. The molecule has 118 valence electrons. The third kappa shape index (κ3) is 5.15. The van der Waals surface area contributed by atoms with Crippen molar-refractivity contribution in [2.24, 2.45) is 4.99 Å². The Morgan fingerprint density at radius 1 is 1.14 bits per heavy atom. The highest BCUT2D eigenvalue weighted by molar-refractivity contribution is 7.11. The maximum atomic E-state index is 4.60. The monoisotopic (exact) mass is 316 g/mol. The van der Waals surface area contributed by atoms with Gasteiger partial charge in [-0.2, -0.15) is 0 Å². The standard InChI is InChI=1S/C17H24N4S/c1-4-15-9-10-16(22-15)12-20-17(18-5-2)19-11-14-8-6-7-13(3)21-14/h6-10H,4-5,11-12H2,1-3H3,(H2,18,19,20). The molecule has 2 rings (SSSR count). The second-order valence-electron chi connectivity index (χ2n) is 5.04. The van der Waals surface area contributed by atoms with Gasteiger partial charge in [-0.25, -0.2) is 4.99 Å². The molecule has 0 unspecified atom stereocenters. The molecule has 0 saturated carbocycles. The van der Waals surface area contributed by atoms with Gasteiger partial charge in [-0.15, -0.1) is 11.3 Å². The predicted molar refractivity (Wildman–Crippen MR) is 94.3 cm³/mol. The first-order chi connectivity index (χ1) is 10.7. The molecule has 4 nitrogen and oxygen atoms in total. The van der Waals surface area contributed by atoms with Gasteiger partial charge in [-0.1, -0.05) is 13.0 Å². The van der Waals surface area contributed by atoms with Gasteiger partial charge in [0.2, 0.25) is 0 Å². The van der Waals surface area contributed by atoms with Gasteiger partial charge in [-0.3, -0.25) is 4.98 Å². The molecule has 0 aliphatic carbocycles. The second kappa shape index (κ2) is 8.54. The third-order valence-corrected chi connectivity index (χ3v) is 4.41. The number of hydrogen-bond acceptors (Lipinski definition) is 3. The van der Waals surface area contributed by atoms with E-state index < -0.39 is 0 Å². The van der Waals surface area contributed by atoms with Crippen molar-refractivity contribution in [1.82, 2.24) is 15.6 Å². The Bertz CT molecular complexity index is 619. The minimum absolute atomic E-state index is 0.585. The molecule has 0 aliphatic heterocycles. The Kier molecular flexibility index (Phi) is 6.40. The van der Waals surface area contributed by atoms with E-state index in [0.717, 1.165) is 36.9 Å². The van der Waals surface area contributed by atoms with Crippen LogP contribution in [0.15, 0.2) is 35.3 Å². The van der Waals surface area contributed by atoms with Crippen LogP contribution in [0.5, 0.6) is 0 Å². The normalized spacial score (nSPS) is 11.5. The number of thiophene rings is 1. The number of nitrogens with zero attached hydrogens (tertiary/aromatic N) is 2. The van der Waals surface area contributed by atoms with Gasteiger partial charge in [0, 0.05) is 22.0 Å². The van der Waals surface area contributed by atoms with E-state index in [-0.39, 0.29) is 0 Å². The van der Waals surface area contributed by atoms with Crippen molar-refractivity contribution in [2.45, 2.75) is 40.3 Å². The van der Waals surface area contributed by atoms with E-state index in [1.165, 1.54) is 9.75 Å². The summed E-state index contributed by atoms with van der Waals surface area (Å²) in [5.74, 6) is 0.831. The molecule has 0 saturated heterocycles. The highest BCUT2D eigenvalue weighted by Crippen LogP contribution is 2.16. The molecule has 2 aromatic heterocycles. The summed E-state index contributed by atoms with van der Waals surface area (Å²) < 4.78 is 0. The molecule has 0 aliphatic rings. The van der Waals surface area contributed by atoms with Gasteiger partial charge in [-0.05, 0) is 44.5 Å². The van der Waals surface area contributed by atoms with Crippen molar-refractivity contribution >= 4 is 17.3 Å². The molecular weight excluding hydrogens is 292 g/mol. The quantitative estimate of drug-likeness (QED) is 0.635. The number of aryl methyl sites for hydroxylation is 2. The molecule has 2 heterocycles. The molecule has 0 spiro atoms. The van der Waals surface area contributed by atoms with Crippen molar-refractivity contribution in [3.63, 3.8) is 0 Å². The zero-order valence-corrected chi connectivity index (χ0v) is 14.3. The smallest absolute Gasteiger partial charge is 0.191 e. The van der Waals surface area contributed by atoms with Crippen molar-refractivity contribution in [1.29, 1.82) is 0 Å². The van der Waals surface area contributed by atoms with Crippen LogP contribution < -0.4 is 10.6 Å². The first-order valence-corrected chi connectivity index (χ1v) is 8.55. The average molecular weight is 316 g/mol. The lowest BCUT2D eigenvalue weighted by Gasteiger charge is -2.10. The third-order valence-electron chi connectivity index (χ3n) is 3.19. The van der Waals surface area contributed by atoms with E-state index in [2.05, 4.69) is 46.6 Å².